The van der Waals surface area contributed by atoms with Crippen LogP contribution in [0.1, 0.15) is 68.4 Å². The highest BCUT2D eigenvalue weighted by Crippen LogP contribution is 2.47. The van der Waals surface area contributed by atoms with Crippen LogP contribution in [0.4, 0.5) is 17.6 Å². The van der Waals surface area contributed by atoms with Gasteiger partial charge in [-0.25, -0.2) is 9.37 Å². The lowest BCUT2D eigenvalue weighted by molar-refractivity contribution is -0.140. The Morgan fingerprint density at radius 1 is 1.18 bits per heavy atom. The Kier molecular flexibility index (Phi) is 7.97. The largest absolute Gasteiger partial charge is 0.419 e. The summed E-state index contributed by atoms with van der Waals surface area (Å²) in [6, 6.07) is 12.6. The van der Waals surface area contributed by atoms with E-state index in [4.69, 9.17) is 10.2 Å². The van der Waals surface area contributed by atoms with E-state index in [2.05, 4.69) is 13.0 Å². The Hall–Kier alpha value is -4.18. The molecule has 0 radical (unpaired) electrons. The van der Waals surface area contributed by atoms with Crippen LogP contribution in [-0.4, -0.2) is 26.9 Å². The summed E-state index contributed by atoms with van der Waals surface area (Å²) in [5, 5.41) is 18.5. The third kappa shape index (κ3) is 5.70. The molecular formula is C28H27F4N5O. The van der Waals surface area contributed by atoms with Crippen LogP contribution in [0.25, 0.3) is 5.69 Å². The number of aromatic nitrogens is 2. The second kappa shape index (κ2) is 10.7. The Morgan fingerprint density at radius 2 is 1.84 bits per heavy atom. The number of hydrogen-bond acceptors (Lipinski definition) is 4. The van der Waals surface area contributed by atoms with Crippen LogP contribution >= 0.6 is 0 Å². The lowest BCUT2D eigenvalue weighted by Crippen LogP contribution is -2.36. The van der Waals surface area contributed by atoms with Crippen LogP contribution in [-0.2, 0) is 22.8 Å². The van der Waals surface area contributed by atoms with Crippen LogP contribution < -0.4 is 0 Å². The molecule has 0 spiro atoms. The lowest BCUT2D eigenvalue weighted by atomic mass is 10.1. The first-order chi connectivity index (χ1) is 17.5. The minimum Gasteiger partial charge on any atom is -0.319 e. The fraction of sp³-hybridized carbons (Fsp3) is 0.357. The molecule has 0 N–H and O–H groups in total. The molecule has 1 saturated carbocycles. The van der Waals surface area contributed by atoms with Crippen molar-refractivity contribution < 1.29 is 22.4 Å². The molecule has 3 aromatic rings. The number of carbonyl (C=O) groups is 1. The molecule has 198 valence electrons. The Morgan fingerprint density at radius 3 is 2.39 bits per heavy atom. The minimum absolute atomic E-state index is 0. The SMILES string of the molecule is C.C[C@H](c1nc(C2(C)CC2)cn1-c1ccc(C#N)cc1)N(CC#N)C(=O)Cc1ccc(F)c(C(F)(F)F)c1. The molecule has 6 nitrogen and oxygen atoms in total. The number of imidazole rings is 1. The highest BCUT2D eigenvalue weighted by atomic mass is 19.4. The number of halogens is 4. The Bertz CT molecular complexity index is 1410. The van der Waals surface area contributed by atoms with Gasteiger partial charge in [-0.1, -0.05) is 20.4 Å². The van der Waals surface area contributed by atoms with Gasteiger partial charge in [0.05, 0.1) is 41.4 Å². The highest BCUT2D eigenvalue weighted by molar-refractivity contribution is 5.79. The van der Waals surface area contributed by atoms with Crippen molar-refractivity contribution in [3.63, 3.8) is 0 Å². The van der Waals surface area contributed by atoms with Crippen molar-refractivity contribution in [3.05, 3.63) is 82.7 Å². The first-order valence-corrected chi connectivity index (χ1v) is 11.6. The molecule has 1 heterocycles. The summed E-state index contributed by atoms with van der Waals surface area (Å²) >= 11 is 0. The fourth-order valence-corrected chi connectivity index (χ4v) is 4.16. The van der Waals surface area contributed by atoms with E-state index >= 15 is 0 Å². The van der Waals surface area contributed by atoms with Gasteiger partial charge in [-0.05, 0) is 61.7 Å². The Balaban J connectivity index is 0.00000400. The third-order valence-corrected chi connectivity index (χ3v) is 6.72. The van der Waals surface area contributed by atoms with Crippen molar-refractivity contribution in [3.8, 4) is 17.8 Å². The first-order valence-electron chi connectivity index (χ1n) is 11.6. The Labute approximate surface area is 218 Å². The molecule has 1 fully saturated rings. The maximum atomic E-state index is 13.7. The van der Waals surface area contributed by atoms with Gasteiger partial charge in [-0.2, -0.15) is 23.7 Å². The van der Waals surface area contributed by atoms with Crippen molar-refractivity contribution in [1.29, 1.82) is 10.5 Å². The van der Waals surface area contributed by atoms with Gasteiger partial charge in [0.25, 0.3) is 0 Å². The standard InChI is InChI=1S/C27H23F4N5O.CH4/c1-17(35(12-11-32)24(37)14-19-5-8-22(28)21(13-19)27(29,30)31)25-34-23(26(2)9-10-26)16-36(25)20-6-3-18(15-33)4-7-20;/h3-8,13,16-17H,9-10,12,14H2,1-2H3;1H4/t17-;/m1./s1. The molecule has 0 saturated heterocycles. The molecule has 0 bridgehead atoms. The van der Waals surface area contributed by atoms with Gasteiger partial charge in [-0.3, -0.25) is 4.79 Å². The number of amides is 1. The second-order valence-corrected chi connectivity index (χ2v) is 9.42. The average molecular weight is 526 g/mol. The van der Waals surface area contributed by atoms with Crippen molar-refractivity contribution in [2.24, 2.45) is 0 Å². The van der Waals surface area contributed by atoms with Crippen molar-refractivity contribution in [2.75, 3.05) is 6.54 Å². The predicted molar refractivity (Wildman–Crippen MR) is 132 cm³/mol. The van der Waals surface area contributed by atoms with E-state index < -0.39 is 35.9 Å². The monoisotopic (exact) mass is 525 g/mol. The highest BCUT2D eigenvalue weighted by Gasteiger charge is 2.42. The number of hydrogen-bond donors (Lipinski definition) is 0. The summed E-state index contributed by atoms with van der Waals surface area (Å²) in [6.07, 6.45) is -1.55. The lowest BCUT2D eigenvalue weighted by Gasteiger charge is -2.27. The van der Waals surface area contributed by atoms with Gasteiger partial charge < -0.3 is 9.47 Å². The van der Waals surface area contributed by atoms with Gasteiger partial charge in [0.1, 0.15) is 18.2 Å². The van der Waals surface area contributed by atoms with Crippen LogP contribution in [0.15, 0.2) is 48.7 Å². The average Bonchev–Trinajstić information content (AvgIpc) is 3.45. The molecule has 10 heteroatoms. The summed E-state index contributed by atoms with van der Waals surface area (Å²) in [7, 11) is 0. The summed E-state index contributed by atoms with van der Waals surface area (Å²) in [4.78, 5) is 19.3. The van der Waals surface area contributed by atoms with Gasteiger partial charge in [0, 0.05) is 17.3 Å². The van der Waals surface area contributed by atoms with Crippen molar-refractivity contribution in [2.45, 2.75) is 58.2 Å². The number of carbonyl (C=O) groups excluding carboxylic acids is 1. The van der Waals surface area contributed by atoms with Crippen LogP contribution in [0, 0.1) is 28.5 Å². The number of benzene rings is 2. The molecule has 1 amide bonds. The van der Waals surface area contributed by atoms with E-state index in [0.717, 1.165) is 24.6 Å². The maximum Gasteiger partial charge on any atom is 0.419 e. The molecule has 2 aromatic carbocycles. The molecule has 4 rings (SSSR count). The topological polar surface area (TPSA) is 85.7 Å². The quantitative estimate of drug-likeness (QED) is 0.270. The zero-order valence-electron chi connectivity index (χ0n) is 20.2. The van der Waals surface area contributed by atoms with Gasteiger partial charge in [0.2, 0.25) is 5.91 Å². The van der Waals surface area contributed by atoms with E-state index in [1.807, 2.05) is 16.8 Å². The zero-order chi connectivity index (χ0) is 27.0. The molecule has 38 heavy (non-hydrogen) atoms. The van der Waals surface area contributed by atoms with E-state index in [1.54, 1.807) is 31.2 Å². The maximum absolute atomic E-state index is 13.7. The fourth-order valence-electron chi connectivity index (χ4n) is 4.16. The molecule has 1 aliphatic rings. The molecule has 1 aliphatic carbocycles. The number of nitrogens with zero attached hydrogens (tertiary/aromatic N) is 5. The van der Waals surface area contributed by atoms with Crippen LogP contribution in [0.3, 0.4) is 0 Å². The smallest absolute Gasteiger partial charge is 0.319 e. The van der Waals surface area contributed by atoms with Gasteiger partial charge in [0.15, 0.2) is 0 Å². The molecule has 0 aliphatic heterocycles. The number of alkyl halides is 3. The summed E-state index contributed by atoms with van der Waals surface area (Å²) in [6.45, 7) is 3.46. The first kappa shape index (κ1) is 28.4. The van der Waals surface area contributed by atoms with E-state index in [9.17, 15) is 27.6 Å². The summed E-state index contributed by atoms with van der Waals surface area (Å²) in [5.41, 5.74) is 0.454. The van der Waals surface area contributed by atoms with E-state index in [1.165, 1.54) is 4.90 Å². The van der Waals surface area contributed by atoms with E-state index in [0.29, 0.717) is 29.2 Å². The number of rotatable bonds is 7. The van der Waals surface area contributed by atoms with E-state index in [-0.39, 0.29) is 24.9 Å². The zero-order valence-corrected chi connectivity index (χ0v) is 20.2. The predicted octanol–water partition coefficient (Wildman–Crippen LogP) is 6.25. The van der Waals surface area contributed by atoms with Crippen LogP contribution in [0.5, 0.6) is 0 Å². The number of nitriles is 2. The minimum atomic E-state index is -4.90. The van der Waals surface area contributed by atoms with Gasteiger partial charge in [-0.15, -0.1) is 0 Å². The summed E-state index contributed by atoms with van der Waals surface area (Å²) < 4.78 is 54.9. The molecule has 1 aromatic heterocycles. The van der Waals surface area contributed by atoms with Crippen LogP contribution in [0.2, 0.25) is 0 Å². The normalized spacial score (nSPS) is 14.5. The van der Waals surface area contributed by atoms with Crippen molar-refractivity contribution >= 4 is 5.91 Å². The summed E-state index contributed by atoms with van der Waals surface area (Å²) in [5.74, 6) is -1.54. The van der Waals surface area contributed by atoms with Crippen molar-refractivity contribution in [1.82, 2.24) is 14.5 Å². The molecule has 0 unspecified atom stereocenters. The molecular weight excluding hydrogens is 498 g/mol. The third-order valence-electron chi connectivity index (χ3n) is 6.72. The second-order valence-electron chi connectivity index (χ2n) is 9.42. The molecule has 1 atom stereocenters. The van der Waals surface area contributed by atoms with Gasteiger partial charge >= 0.3 is 6.18 Å².